The minimum Gasteiger partial charge on any atom is -0.323 e. The van der Waals surface area contributed by atoms with Gasteiger partial charge in [-0.3, -0.25) is 0 Å². The molecule has 1 heterocycles. The van der Waals surface area contributed by atoms with Crippen LogP contribution in [-0.4, -0.2) is 9.55 Å². The SMILES string of the molecule is Cc1ccc(-c2nc3cc(F)c(F)cc3n2CCC#N)cc1. The van der Waals surface area contributed by atoms with E-state index in [1.165, 1.54) is 0 Å². The molecule has 0 bridgehead atoms. The molecule has 0 unspecified atom stereocenters. The number of aryl methyl sites for hydroxylation is 2. The Bertz CT molecular complexity index is 874. The van der Waals surface area contributed by atoms with Gasteiger partial charge in [-0.25, -0.2) is 13.8 Å². The molecule has 110 valence electrons. The predicted molar refractivity (Wildman–Crippen MR) is 80.1 cm³/mol. The molecule has 0 N–H and O–H groups in total. The zero-order chi connectivity index (χ0) is 15.7. The van der Waals surface area contributed by atoms with Crippen LogP contribution in [0.1, 0.15) is 12.0 Å². The first-order valence-corrected chi connectivity index (χ1v) is 6.89. The number of nitrogens with zero attached hydrogens (tertiary/aromatic N) is 3. The van der Waals surface area contributed by atoms with E-state index in [0.29, 0.717) is 23.4 Å². The zero-order valence-electron chi connectivity index (χ0n) is 12.0. The molecule has 0 fully saturated rings. The first-order valence-electron chi connectivity index (χ1n) is 6.89. The highest BCUT2D eigenvalue weighted by Crippen LogP contribution is 2.27. The van der Waals surface area contributed by atoms with Crippen LogP contribution in [0.25, 0.3) is 22.4 Å². The second-order valence-electron chi connectivity index (χ2n) is 5.12. The van der Waals surface area contributed by atoms with Crippen LogP contribution < -0.4 is 0 Å². The lowest BCUT2D eigenvalue weighted by Gasteiger charge is -2.07. The smallest absolute Gasteiger partial charge is 0.161 e. The number of halogens is 2. The van der Waals surface area contributed by atoms with Crippen LogP contribution in [0, 0.1) is 29.9 Å². The fourth-order valence-corrected chi connectivity index (χ4v) is 2.43. The summed E-state index contributed by atoms with van der Waals surface area (Å²) < 4.78 is 28.7. The molecular formula is C17H13F2N3. The Morgan fingerprint density at radius 1 is 1.14 bits per heavy atom. The summed E-state index contributed by atoms with van der Waals surface area (Å²) in [5, 5.41) is 8.82. The maximum Gasteiger partial charge on any atom is 0.161 e. The van der Waals surface area contributed by atoms with Crippen LogP contribution in [-0.2, 0) is 6.54 Å². The van der Waals surface area contributed by atoms with Crippen molar-refractivity contribution in [3.8, 4) is 17.5 Å². The van der Waals surface area contributed by atoms with E-state index in [-0.39, 0.29) is 6.42 Å². The number of hydrogen-bond donors (Lipinski definition) is 0. The Labute approximate surface area is 126 Å². The van der Waals surface area contributed by atoms with Gasteiger partial charge >= 0.3 is 0 Å². The normalized spacial score (nSPS) is 10.8. The third-order valence-electron chi connectivity index (χ3n) is 3.55. The fraction of sp³-hybridized carbons (Fsp3) is 0.176. The fourth-order valence-electron chi connectivity index (χ4n) is 2.43. The van der Waals surface area contributed by atoms with Crippen molar-refractivity contribution in [2.24, 2.45) is 0 Å². The van der Waals surface area contributed by atoms with Gasteiger partial charge in [-0.1, -0.05) is 29.8 Å². The van der Waals surface area contributed by atoms with E-state index in [1.54, 1.807) is 4.57 Å². The maximum atomic E-state index is 13.5. The Balaban J connectivity index is 2.23. The number of hydrogen-bond acceptors (Lipinski definition) is 2. The Hall–Kier alpha value is -2.74. The van der Waals surface area contributed by atoms with Crippen molar-refractivity contribution in [2.45, 2.75) is 19.9 Å². The number of imidazole rings is 1. The third kappa shape index (κ3) is 2.44. The van der Waals surface area contributed by atoms with Crippen LogP contribution in [0.2, 0.25) is 0 Å². The van der Waals surface area contributed by atoms with Gasteiger partial charge in [-0.2, -0.15) is 5.26 Å². The van der Waals surface area contributed by atoms with Crippen molar-refractivity contribution in [2.75, 3.05) is 0 Å². The molecule has 2 aromatic carbocycles. The highest BCUT2D eigenvalue weighted by atomic mass is 19.2. The third-order valence-corrected chi connectivity index (χ3v) is 3.55. The van der Waals surface area contributed by atoms with Gasteiger partial charge in [-0.15, -0.1) is 0 Å². The first kappa shape index (κ1) is 14.2. The molecular weight excluding hydrogens is 284 g/mol. The van der Waals surface area contributed by atoms with Crippen molar-refractivity contribution in [3.05, 3.63) is 53.6 Å². The lowest BCUT2D eigenvalue weighted by atomic mass is 10.1. The summed E-state index contributed by atoms with van der Waals surface area (Å²) in [4.78, 5) is 4.41. The molecule has 0 saturated carbocycles. The summed E-state index contributed by atoms with van der Waals surface area (Å²) in [5.74, 6) is -1.23. The standard InChI is InChI=1S/C17H13F2N3/c1-11-3-5-12(6-4-11)17-21-15-9-13(18)14(19)10-16(15)22(17)8-2-7-20/h3-6,9-10H,2,8H2,1H3. The molecule has 0 aliphatic heterocycles. The number of nitriles is 1. The van der Waals surface area contributed by atoms with E-state index < -0.39 is 11.6 Å². The van der Waals surface area contributed by atoms with Gasteiger partial charge in [0.2, 0.25) is 0 Å². The predicted octanol–water partition coefficient (Wildman–Crippen LogP) is 4.20. The molecule has 0 atom stereocenters. The minimum atomic E-state index is -0.923. The quantitative estimate of drug-likeness (QED) is 0.727. The van der Waals surface area contributed by atoms with Gasteiger partial charge in [0, 0.05) is 24.2 Å². The molecule has 0 radical (unpaired) electrons. The number of aromatic nitrogens is 2. The molecule has 0 amide bonds. The van der Waals surface area contributed by atoms with Crippen molar-refractivity contribution >= 4 is 11.0 Å². The average molecular weight is 297 g/mol. The van der Waals surface area contributed by atoms with Gasteiger partial charge in [0.05, 0.1) is 23.5 Å². The maximum absolute atomic E-state index is 13.5. The van der Waals surface area contributed by atoms with Gasteiger partial charge in [0.25, 0.3) is 0 Å². The Morgan fingerprint density at radius 3 is 2.50 bits per heavy atom. The molecule has 1 aromatic heterocycles. The lowest BCUT2D eigenvalue weighted by Crippen LogP contribution is -2.00. The van der Waals surface area contributed by atoms with Crippen LogP contribution in [0.3, 0.4) is 0 Å². The minimum absolute atomic E-state index is 0.267. The molecule has 3 aromatic rings. The number of benzene rings is 2. The van der Waals surface area contributed by atoms with Crippen molar-refractivity contribution in [1.82, 2.24) is 9.55 Å². The summed E-state index contributed by atoms with van der Waals surface area (Å²) in [6, 6.07) is 12.0. The largest absolute Gasteiger partial charge is 0.323 e. The van der Waals surface area contributed by atoms with Gasteiger partial charge in [0.15, 0.2) is 11.6 Å². The lowest BCUT2D eigenvalue weighted by molar-refractivity contribution is 0.510. The molecule has 5 heteroatoms. The summed E-state index contributed by atoms with van der Waals surface area (Å²) in [6.07, 6.45) is 0.267. The second kappa shape index (κ2) is 5.57. The highest BCUT2D eigenvalue weighted by molar-refractivity contribution is 5.81. The Morgan fingerprint density at radius 2 is 1.82 bits per heavy atom. The average Bonchev–Trinajstić information content (AvgIpc) is 2.84. The van der Waals surface area contributed by atoms with E-state index in [9.17, 15) is 8.78 Å². The second-order valence-corrected chi connectivity index (χ2v) is 5.12. The van der Waals surface area contributed by atoms with Gasteiger partial charge < -0.3 is 4.57 Å². The van der Waals surface area contributed by atoms with E-state index >= 15 is 0 Å². The van der Waals surface area contributed by atoms with E-state index in [1.807, 2.05) is 31.2 Å². The Kier molecular flexibility index (Phi) is 3.60. The molecule has 0 aliphatic carbocycles. The van der Waals surface area contributed by atoms with Crippen LogP contribution in [0.4, 0.5) is 8.78 Å². The van der Waals surface area contributed by atoms with E-state index in [4.69, 9.17) is 5.26 Å². The molecule has 0 aliphatic rings. The molecule has 0 spiro atoms. The number of fused-ring (bicyclic) bond motifs is 1. The summed E-state index contributed by atoms with van der Waals surface area (Å²) in [5.41, 5.74) is 2.83. The van der Waals surface area contributed by atoms with Crippen molar-refractivity contribution in [3.63, 3.8) is 0 Å². The topological polar surface area (TPSA) is 41.6 Å². The van der Waals surface area contributed by atoms with E-state index in [0.717, 1.165) is 23.3 Å². The molecule has 3 rings (SSSR count). The van der Waals surface area contributed by atoms with Crippen LogP contribution >= 0.6 is 0 Å². The molecule has 3 nitrogen and oxygen atoms in total. The molecule has 0 saturated heterocycles. The van der Waals surface area contributed by atoms with Crippen molar-refractivity contribution < 1.29 is 8.78 Å². The first-order chi connectivity index (χ1) is 10.6. The van der Waals surface area contributed by atoms with Crippen LogP contribution in [0.15, 0.2) is 36.4 Å². The van der Waals surface area contributed by atoms with Gasteiger partial charge in [0.1, 0.15) is 5.82 Å². The number of rotatable bonds is 3. The van der Waals surface area contributed by atoms with Gasteiger partial charge in [-0.05, 0) is 6.92 Å². The van der Waals surface area contributed by atoms with Crippen molar-refractivity contribution in [1.29, 1.82) is 5.26 Å². The summed E-state index contributed by atoms with van der Waals surface area (Å²) in [7, 11) is 0. The monoisotopic (exact) mass is 297 g/mol. The van der Waals surface area contributed by atoms with E-state index in [2.05, 4.69) is 11.1 Å². The summed E-state index contributed by atoms with van der Waals surface area (Å²) >= 11 is 0. The van der Waals surface area contributed by atoms with Crippen LogP contribution in [0.5, 0.6) is 0 Å². The summed E-state index contributed by atoms with van der Waals surface area (Å²) in [6.45, 7) is 2.36. The molecule has 22 heavy (non-hydrogen) atoms. The zero-order valence-corrected chi connectivity index (χ0v) is 12.0. The highest BCUT2D eigenvalue weighted by Gasteiger charge is 2.15.